The summed E-state index contributed by atoms with van der Waals surface area (Å²) in [4.78, 5) is 0. The molecule has 0 heterocycles. The van der Waals surface area contributed by atoms with Gasteiger partial charge in [0.2, 0.25) is 0 Å². The highest BCUT2D eigenvalue weighted by Gasteiger charge is 2.03. The van der Waals surface area contributed by atoms with Gasteiger partial charge in [-0.2, -0.15) is 0 Å². The lowest BCUT2D eigenvalue weighted by Gasteiger charge is -1.98. The second kappa shape index (κ2) is 2.43. The summed E-state index contributed by atoms with van der Waals surface area (Å²) in [7, 11) is 0. The maximum Gasteiger partial charge on any atom is 0.168 e. The van der Waals surface area contributed by atoms with Gasteiger partial charge in [0.1, 0.15) is 0 Å². The van der Waals surface area contributed by atoms with Crippen LogP contribution in [0.2, 0.25) is 0 Å². The van der Waals surface area contributed by atoms with Gasteiger partial charge in [-0.3, -0.25) is 0 Å². The van der Waals surface area contributed by atoms with Crippen molar-refractivity contribution in [2.24, 2.45) is 5.92 Å². The lowest BCUT2D eigenvalue weighted by molar-refractivity contribution is 0.119. The van der Waals surface area contributed by atoms with Gasteiger partial charge in [-0.05, 0) is 5.92 Å². The van der Waals surface area contributed by atoms with Gasteiger partial charge in [0.15, 0.2) is 5.56 Å². The van der Waals surface area contributed by atoms with Crippen LogP contribution < -0.4 is 0 Å². The molecule has 0 aromatic carbocycles. The molecule has 0 bridgehead atoms. The molecule has 0 rings (SSSR count). The molecule has 0 aromatic rings. The van der Waals surface area contributed by atoms with Crippen LogP contribution in [0.15, 0.2) is 0 Å². The molecule has 0 aliphatic carbocycles. The van der Waals surface area contributed by atoms with E-state index in [0.29, 0.717) is 0 Å². The molecule has 0 spiro atoms. The van der Waals surface area contributed by atoms with Crippen molar-refractivity contribution in [1.29, 1.82) is 0 Å². The molecule has 0 saturated carbocycles. The van der Waals surface area contributed by atoms with Crippen molar-refractivity contribution < 1.29 is 5.11 Å². The molecular weight excluding hydrogens is 99.5 g/mol. The lowest BCUT2D eigenvalue weighted by Crippen LogP contribution is -2.02. The Balaban J connectivity index is 2.99. The van der Waals surface area contributed by atoms with E-state index in [1.165, 1.54) is 0 Å². The number of hydrogen-bond donors (Lipinski definition) is 0. The minimum atomic E-state index is -0.926. The fourth-order valence-corrected chi connectivity index (χ4v) is 0. The van der Waals surface area contributed by atoms with Crippen LogP contribution in [0.25, 0.3) is 0 Å². The minimum absolute atomic E-state index is 0.0617. The first-order chi connectivity index (χ1) is 2.64. The minimum Gasteiger partial charge on any atom is -0.215 e. The van der Waals surface area contributed by atoms with Gasteiger partial charge in [0.05, 0.1) is 0 Å². The first-order valence-corrected chi connectivity index (χ1v) is 2.38. The van der Waals surface area contributed by atoms with Gasteiger partial charge in [-0.1, -0.05) is 25.4 Å². The highest BCUT2D eigenvalue weighted by molar-refractivity contribution is 6.19. The van der Waals surface area contributed by atoms with Crippen molar-refractivity contribution >= 4 is 11.6 Å². The molecule has 0 aliphatic heterocycles. The van der Waals surface area contributed by atoms with Crippen LogP contribution in [0.3, 0.4) is 0 Å². The van der Waals surface area contributed by atoms with Crippen LogP contribution in [0.5, 0.6) is 0 Å². The standard InChI is InChI=1S/C4H8ClO/c1-3(2)4(5)6/h3-4H,1-2H3. The van der Waals surface area contributed by atoms with Crippen molar-refractivity contribution in [1.82, 2.24) is 0 Å². The zero-order chi connectivity index (χ0) is 5.15. The summed E-state index contributed by atoms with van der Waals surface area (Å²) < 4.78 is 0. The summed E-state index contributed by atoms with van der Waals surface area (Å²) in [5.74, 6) is 0.0617. The van der Waals surface area contributed by atoms with Crippen LogP contribution >= 0.6 is 11.6 Å². The number of hydrogen-bond acceptors (Lipinski definition) is 0. The maximum absolute atomic E-state index is 9.99. The quantitative estimate of drug-likeness (QED) is 0.454. The molecule has 37 valence electrons. The molecule has 6 heavy (non-hydrogen) atoms. The Hall–Kier alpha value is 0.250. The molecule has 1 atom stereocenters. The van der Waals surface area contributed by atoms with Crippen LogP contribution in [0.4, 0.5) is 0 Å². The molecule has 2 heteroatoms. The van der Waals surface area contributed by atoms with E-state index in [4.69, 9.17) is 11.6 Å². The first kappa shape index (κ1) is 6.25. The zero-order valence-corrected chi connectivity index (χ0v) is 4.70. The monoisotopic (exact) mass is 107 g/mol. The van der Waals surface area contributed by atoms with Crippen LogP contribution in [-0.4, -0.2) is 5.56 Å². The average molecular weight is 108 g/mol. The number of alkyl halides is 1. The predicted octanol–water partition coefficient (Wildman–Crippen LogP) is 1.64. The fourth-order valence-electron chi connectivity index (χ4n) is 0. The van der Waals surface area contributed by atoms with E-state index < -0.39 is 5.56 Å². The van der Waals surface area contributed by atoms with Crippen LogP contribution in [0.1, 0.15) is 13.8 Å². The van der Waals surface area contributed by atoms with Gasteiger partial charge >= 0.3 is 0 Å². The van der Waals surface area contributed by atoms with E-state index in [1.807, 2.05) is 0 Å². The predicted molar refractivity (Wildman–Crippen MR) is 25.2 cm³/mol. The van der Waals surface area contributed by atoms with Crippen molar-refractivity contribution in [2.45, 2.75) is 19.4 Å². The maximum atomic E-state index is 9.99. The summed E-state index contributed by atoms with van der Waals surface area (Å²) in [6.07, 6.45) is 0. The second-order valence-corrected chi connectivity index (χ2v) is 2.03. The molecule has 0 aromatic heterocycles. The molecule has 0 aliphatic rings. The molecule has 1 unspecified atom stereocenters. The van der Waals surface area contributed by atoms with Crippen LogP contribution in [0, 0.1) is 5.92 Å². The Kier molecular flexibility index (Phi) is 2.53. The molecule has 0 N–H and O–H groups in total. The summed E-state index contributed by atoms with van der Waals surface area (Å²) in [6.45, 7) is 3.59. The van der Waals surface area contributed by atoms with Crippen molar-refractivity contribution in [3.05, 3.63) is 0 Å². The number of rotatable bonds is 1. The van der Waals surface area contributed by atoms with Gasteiger partial charge in [-0.25, -0.2) is 5.11 Å². The molecule has 1 nitrogen and oxygen atoms in total. The summed E-state index contributed by atoms with van der Waals surface area (Å²) in [5, 5.41) is 9.99. The second-order valence-electron chi connectivity index (χ2n) is 1.60. The van der Waals surface area contributed by atoms with Crippen molar-refractivity contribution in [2.75, 3.05) is 0 Å². The van der Waals surface area contributed by atoms with E-state index in [1.54, 1.807) is 13.8 Å². The fraction of sp³-hybridized carbons (Fsp3) is 1.00. The van der Waals surface area contributed by atoms with Gasteiger partial charge in [0.25, 0.3) is 0 Å². The first-order valence-electron chi connectivity index (χ1n) is 1.94. The third-order valence-corrected chi connectivity index (χ3v) is 1.03. The van der Waals surface area contributed by atoms with Crippen molar-refractivity contribution in [3.8, 4) is 0 Å². The van der Waals surface area contributed by atoms with Gasteiger partial charge in [-0.15, -0.1) is 0 Å². The number of halogens is 1. The molecule has 0 amide bonds. The normalized spacial score (nSPS) is 15.5. The van der Waals surface area contributed by atoms with Crippen molar-refractivity contribution in [3.63, 3.8) is 0 Å². The average Bonchev–Trinajstić information content (AvgIpc) is 1.36. The topological polar surface area (TPSA) is 19.9 Å². The molecular formula is C4H8ClO. The highest BCUT2D eigenvalue weighted by Crippen LogP contribution is 2.03. The molecule has 1 radical (unpaired) electrons. The summed E-state index contributed by atoms with van der Waals surface area (Å²) >= 11 is 5.06. The Morgan fingerprint density at radius 2 is 1.67 bits per heavy atom. The van der Waals surface area contributed by atoms with Gasteiger partial charge in [0, 0.05) is 0 Å². The van der Waals surface area contributed by atoms with E-state index in [2.05, 4.69) is 0 Å². The van der Waals surface area contributed by atoms with Gasteiger partial charge < -0.3 is 0 Å². The Morgan fingerprint density at radius 1 is 1.50 bits per heavy atom. The third-order valence-electron chi connectivity index (χ3n) is 0.524. The smallest absolute Gasteiger partial charge is 0.168 e. The zero-order valence-electron chi connectivity index (χ0n) is 3.94. The largest absolute Gasteiger partial charge is 0.215 e. The van der Waals surface area contributed by atoms with E-state index >= 15 is 0 Å². The summed E-state index contributed by atoms with van der Waals surface area (Å²) in [6, 6.07) is 0. The third kappa shape index (κ3) is 2.49. The Morgan fingerprint density at radius 3 is 1.67 bits per heavy atom. The van der Waals surface area contributed by atoms with E-state index in [0.717, 1.165) is 0 Å². The SMILES string of the molecule is CC(C)C([O])Cl. The van der Waals surface area contributed by atoms with E-state index in [-0.39, 0.29) is 5.92 Å². The molecule has 0 fully saturated rings. The van der Waals surface area contributed by atoms with E-state index in [9.17, 15) is 5.11 Å². The lowest BCUT2D eigenvalue weighted by atomic mass is 10.2. The van der Waals surface area contributed by atoms with Crippen LogP contribution in [-0.2, 0) is 5.11 Å². The highest BCUT2D eigenvalue weighted by atomic mass is 35.5. The molecule has 0 saturated heterocycles. The Labute approximate surface area is 42.9 Å². The summed E-state index contributed by atoms with van der Waals surface area (Å²) in [5.41, 5.74) is -0.926. The Bertz CT molecular complexity index is 28.5.